The first-order valence-corrected chi connectivity index (χ1v) is 15.2. The summed E-state index contributed by atoms with van der Waals surface area (Å²) in [6.45, 7) is 0. The summed E-state index contributed by atoms with van der Waals surface area (Å²) in [6, 6.07) is 6.58. The quantitative estimate of drug-likeness (QED) is 0.113. The summed E-state index contributed by atoms with van der Waals surface area (Å²) in [5.74, 6) is -0.131. The van der Waals surface area contributed by atoms with Gasteiger partial charge in [-0.2, -0.15) is 8.42 Å². The van der Waals surface area contributed by atoms with Gasteiger partial charge in [-0.3, -0.25) is 14.1 Å². The topological polar surface area (TPSA) is 107 Å². The molecule has 7 nitrogen and oxygen atoms in total. The van der Waals surface area contributed by atoms with E-state index in [-0.39, 0.29) is 36.6 Å². The van der Waals surface area contributed by atoms with Crippen LogP contribution >= 0.6 is 113 Å². The smallest absolute Gasteiger partial charge is 0.311 e. The standard InChI is InChI=1S/C18H13I5O7S/c19-9-5-11(20)17(12(21)6-9)30-16(25)4-2-1-3-15(24)29-10-7-13(22)18(14(23)8-10)31(26,27)28/h5-8H,1-4H2,(H,26,27,28). The number of hydrogen-bond acceptors (Lipinski definition) is 6. The monoisotopic (exact) mass is 1010 g/mol. The Morgan fingerprint density at radius 2 is 1.23 bits per heavy atom. The van der Waals surface area contributed by atoms with Gasteiger partial charge in [-0.05, 0) is 150 Å². The second-order valence-electron chi connectivity index (χ2n) is 6.04. The minimum Gasteiger partial charge on any atom is -0.426 e. The van der Waals surface area contributed by atoms with Crippen molar-refractivity contribution in [2.45, 2.75) is 30.6 Å². The molecule has 168 valence electrons. The van der Waals surface area contributed by atoms with E-state index in [1.54, 1.807) is 45.2 Å². The van der Waals surface area contributed by atoms with E-state index in [1.165, 1.54) is 12.1 Å². The van der Waals surface area contributed by atoms with Crippen LogP contribution in [0.1, 0.15) is 25.7 Å². The van der Waals surface area contributed by atoms with Crippen LogP contribution in [0.25, 0.3) is 0 Å². The number of benzene rings is 2. The van der Waals surface area contributed by atoms with Gasteiger partial charge < -0.3 is 9.47 Å². The molecule has 0 spiro atoms. The van der Waals surface area contributed by atoms with E-state index in [0.717, 1.165) is 10.7 Å². The summed E-state index contributed by atoms with van der Waals surface area (Å²) in [5.41, 5.74) is 0. The molecule has 1 N–H and O–H groups in total. The van der Waals surface area contributed by atoms with Crippen LogP contribution < -0.4 is 9.47 Å². The van der Waals surface area contributed by atoms with Crippen LogP contribution in [0.3, 0.4) is 0 Å². The molecule has 0 heterocycles. The lowest BCUT2D eigenvalue weighted by Crippen LogP contribution is -2.12. The van der Waals surface area contributed by atoms with Crippen LogP contribution in [0.2, 0.25) is 0 Å². The van der Waals surface area contributed by atoms with Gasteiger partial charge in [0.15, 0.2) is 5.75 Å². The maximum Gasteiger partial charge on any atom is 0.311 e. The molecule has 0 saturated heterocycles. The van der Waals surface area contributed by atoms with Crippen molar-refractivity contribution in [3.05, 3.63) is 42.1 Å². The molecule has 2 rings (SSSR count). The van der Waals surface area contributed by atoms with E-state index in [0.29, 0.717) is 18.6 Å². The maximum absolute atomic E-state index is 12.1. The Morgan fingerprint density at radius 3 is 1.68 bits per heavy atom. The third kappa shape index (κ3) is 8.91. The Bertz CT molecular complexity index is 1070. The van der Waals surface area contributed by atoms with E-state index < -0.39 is 16.1 Å². The fraction of sp³-hybridized carbons (Fsp3) is 0.222. The lowest BCUT2D eigenvalue weighted by molar-refractivity contribution is -0.136. The van der Waals surface area contributed by atoms with Gasteiger partial charge >= 0.3 is 11.9 Å². The van der Waals surface area contributed by atoms with Crippen molar-refractivity contribution < 1.29 is 32.0 Å². The zero-order valence-corrected chi connectivity index (χ0v) is 26.9. The van der Waals surface area contributed by atoms with E-state index in [4.69, 9.17) is 9.47 Å². The number of unbranched alkanes of at least 4 members (excludes halogenated alkanes) is 1. The summed E-state index contributed by atoms with van der Waals surface area (Å²) >= 11 is 9.95. The summed E-state index contributed by atoms with van der Waals surface area (Å²) in [4.78, 5) is 23.9. The molecule has 0 bridgehead atoms. The zero-order chi connectivity index (χ0) is 23.3. The normalized spacial score (nSPS) is 11.3. The average molecular weight is 1010 g/mol. The van der Waals surface area contributed by atoms with Crippen LogP contribution in [0.4, 0.5) is 0 Å². The van der Waals surface area contributed by atoms with Gasteiger partial charge in [0.05, 0.1) is 7.14 Å². The molecule has 2 aromatic carbocycles. The van der Waals surface area contributed by atoms with Gasteiger partial charge in [0.2, 0.25) is 0 Å². The van der Waals surface area contributed by atoms with Crippen LogP contribution in [0.5, 0.6) is 11.5 Å². The van der Waals surface area contributed by atoms with E-state index in [1.807, 2.05) is 12.1 Å². The zero-order valence-electron chi connectivity index (χ0n) is 15.3. The van der Waals surface area contributed by atoms with Gasteiger partial charge in [-0.15, -0.1) is 0 Å². The van der Waals surface area contributed by atoms with Gasteiger partial charge in [0.25, 0.3) is 10.1 Å². The number of hydrogen-bond donors (Lipinski definition) is 1. The highest BCUT2D eigenvalue weighted by Gasteiger charge is 2.20. The van der Waals surface area contributed by atoms with Gasteiger partial charge in [0, 0.05) is 23.6 Å². The van der Waals surface area contributed by atoms with Crippen molar-refractivity contribution >= 4 is 135 Å². The van der Waals surface area contributed by atoms with Crippen molar-refractivity contribution in [1.29, 1.82) is 0 Å². The molecule has 0 aliphatic carbocycles. The number of esters is 2. The Morgan fingerprint density at radius 1 is 0.774 bits per heavy atom. The number of halogens is 5. The molecule has 0 aromatic heterocycles. The molecular formula is C18H13I5O7S. The molecule has 31 heavy (non-hydrogen) atoms. The Labute approximate surface area is 247 Å². The highest BCUT2D eigenvalue weighted by molar-refractivity contribution is 14.1. The van der Waals surface area contributed by atoms with E-state index >= 15 is 0 Å². The first-order chi connectivity index (χ1) is 14.4. The van der Waals surface area contributed by atoms with Crippen molar-refractivity contribution in [3.63, 3.8) is 0 Å². The molecule has 0 aliphatic rings. The minimum atomic E-state index is -4.37. The SMILES string of the molecule is O=C(CCCCC(=O)Oc1c(I)cc(I)cc1I)Oc1cc(I)c(S(=O)(=O)O)c(I)c1. The number of ether oxygens (including phenoxy) is 2. The lowest BCUT2D eigenvalue weighted by Gasteiger charge is -2.10. The highest BCUT2D eigenvalue weighted by atomic mass is 127. The summed E-state index contributed by atoms with van der Waals surface area (Å²) in [5, 5.41) is 0. The predicted octanol–water partition coefficient (Wildman–Crippen LogP) is 6.03. The largest absolute Gasteiger partial charge is 0.426 e. The molecule has 0 aliphatic heterocycles. The van der Waals surface area contributed by atoms with E-state index in [2.05, 4.69) is 67.8 Å². The van der Waals surface area contributed by atoms with Crippen molar-refractivity contribution in [1.82, 2.24) is 0 Å². The highest BCUT2D eigenvalue weighted by Crippen LogP contribution is 2.31. The predicted molar refractivity (Wildman–Crippen MR) is 156 cm³/mol. The first-order valence-electron chi connectivity index (χ1n) is 8.41. The van der Waals surface area contributed by atoms with E-state index in [9.17, 15) is 22.6 Å². The second-order valence-corrected chi connectivity index (χ2v) is 13.3. The fourth-order valence-electron chi connectivity index (χ4n) is 2.35. The molecule has 0 radical (unpaired) electrons. The third-order valence-corrected chi connectivity index (χ3v) is 9.27. The van der Waals surface area contributed by atoms with Gasteiger partial charge in [0.1, 0.15) is 10.6 Å². The molecular weight excluding hydrogens is 995 g/mol. The number of carbonyl (C=O) groups excluding carboxylic acids is 2. The van der Waals surface area contributed by atoms with Crippen LogP contribution in [-0.2, 0) is 19.7 Å². The average Bonchev–Trinajstić information content (AvgIpc) is 2.60. The van der Waals surface area contributed by atoms with Crippen LogP contribution in [0.15, 0.2) is 29.2 Å². The lowest BCUT2D eigenvalue weighted by atomic mass is 10.2. The van der Waals surface area contributed by atoms with Crippen molar-refractivity contribution in [2.75, 3.05) is 0 Å². The fourth-order valence-corrected chi connectivity index (χ4v) is 10.1. The van der Waals surface area contributed by atoms with Gasteiger partial charge in [-0.25, -0.2) is 0 Å². The van der Waals surface area contributed by atoms with Crippen LogP contribution in [-0.4, -0.2) is 24.9 Å². The Hall–Kier alpha value is 0.940. The molecule has 0 unspecified atom stereocenters. The molecule has 0 fully saturated rings. The van der Waals surface area contributed by atoms with Crippen molar-refractivity contribution in [3.8, 4) is 11.5 Å². The number of rotatable bonds is 8. The first kappa shape index (κ1) is 28.2. The summed E-state index contributed by atoms with van der Waals surface area (Å²) < 4.78 is 46.0. The van der Waals surface area contributed by atoms with Gasteiger partial charge in [-0.1, -0.05) is 0 Å². The molecule has 2 aromatic rings. The summed E-state index contributed by atoms with van der Waals surface area (Å²) in [7, 11) is -4.37. The molecule has 13 heteroatoms. The molecule has 0 amide bonds. The third-order valence-electron chi connectivity index (χ3n) is 3.65. The Balaban J connectivity index is 1.83. The molecule has 0 atom stereocenters. The van der Waals surface area contributed by atoms with Crippen LogP contribution in [0, 0.1) is 17.9 Å². The Kier molecular flexibility index (Phi) is 11.4. The molecule has 0 saturated carbocycles. The minimum absolute atomic E-state index is 0.0963. The summed E-state index contributed by atoms with van der Waals surface area (Å²) in [6.07, 6.45) is 1.16. The van der Waals surface area contributed by atoms with Crippen molar-refractivity contribution in [2.24, 2.45) is 0 Å². The maximum atomic E-state index is 12.1. The second kappa shape index (κ2) is 12.6. The number of carbonyl (C=O) groups is 2.